The second kappa shape index (κ2) is 47.0. The quantitative estimate of drug-likeness (QED) is 0.0213. The zero-order valence-corrected chi connectivity index (χ0v) is 42.4. The molecule has 65 heavy (non-hydrogen) atoms. The highest BCUT2D eigenvalue weighted by molar-refractivity contribution is 5.72. The molecule has 0 aromatic rings. The molecule has 2 unspecified atom stereocenters. The van der Waals surface area contributed by atoms with Crippen molar-refractivity contribution in [3.05, 3.63) is 85.1 Å². The summed E-state index contributed by atoms with van der Waals surface area (Å²) in [4.78, 5) is 37.2. The fourth-order valence-electron chi connectivity index (χ4n) is 7.35. The lowest BCUT2D eigenvalue weighted by Gasteiger charge is -2.31. The highest BCUT2D eigenvalue weighted by Crippen LogP contribution is 2.15. The summed E-state index contributed by atoms with van der Waals surface area (Å²) in [5.74, 6) is -1.50. The summed E-state index contributed by atoms with van der Waals surface area (Å²) in [5.41, 5.74) is 0. The van der Waals surface area contributed by atoms with Crippen LogP contribution in [0.1, 0.15) is 206 Å². The SMILES string of the molecule is CC/C=C/C/C=C/C/C=C/CCCCCCCCCCCCCCCC(=O)OC(COCCC(C(=O)O)[N+](C)(C)C)COC(=O)CCCCCCC/C=C/C=C/C=C/C=C/CCCCC. The molecule has 8 nitrogen and oxygen atoms in total. The lowest BCUT2D eigenvalue weighted by Crippen LogP contribution is -2.50. The van der Waals surface area contributed by atoms with Crippen LogP contribution in [0.5, 0.6) is 0 Å². The third-order valence-corrected chi connectivity index (χ3v) is 11.4. The Labute approximate surface area is 399 Å². The Bertz CT molecular complexity index is 1330. The Balaban J connectivity index is 4.27. The van der Waals surface area contributed by atoms with Crippen molar-refractivity contribution in [2.45, 2.75) is 219 Å². The van der Waals surface area contributed by atoms with Crippen LogP contribution in [0.4, 0.5) is 0 Å². The summed E-state index contributed by atoms with van der Waals surface area (Å²) in [6.07, 6.45) is 62.0. The Hall–Kier alpha value is -3.49. The molecule has 0 aromatic heterocycles. The Morgan fingerprint density at radius 1 is 0.492 bits per heavy atom. The number of carbonyl (C=O) groups is 3. The highest BCUT2D eigenvalue weighted by Gasteiger charge is 2.31. The second-order valence-corrected chi connectivity index (χ2v) is 18.5. The Morgan fingerprint density at radius 2 is 0.923 bits per heavy atom. The largest absolute Gasteiger partial charge is 0.477 e. The molecular formula is C57H98NO7+. The van der Waals surface area contributed by atoms with Gasteiger partial charge in [-0.15, -0.1) is 0 Å². The number of quaternary nitrogens is 1. The molecule has 0 fully saturated rings. The zero-order valence-electron chi connectivity index (χ0n) is 42.4. The van der Waals surface area contributed by atoms with Gasteiger partial charge in [0.25, 0.3) is 0 Å². The van der Waals surface area contributed by atoms with Gasteiger partial charge in [0.2, 0.25) is 0 Å². The predicted molar refractivity (Wildman–Crippen MR) is 275 cm³/mol. The van der Waals surface area contributed by atoms with Gasteiger partial charge in [-0.25, -0.2) is 4.79 Å². The van der Waals surface area contributed by atoms with Crippen molar-refractivity contribution in [1.82, 2.24) is 0 Å². The molecule has 0 aliphatic heterocycles. The topological polar surface area (TPSA) is 99.1 Å². The lowest BCUT2D eigenvalue weighted by molar-refractivity contribution is -0.887. The number of carboxylic acids is 1. The summed E-state index contributed by atoms with van der Waals surface area (Å²) >= 11 is 0. The van der Waals surface area contributed by atoms with E-state index in [4.69, 9.17) is 14.2 Å². The number of rotatable bonds is 46. The van der Waals surface area contributed by atoms with E-state index in [1.165, 1.54) is 89.9 Å². The van der Waals surface area contributed by atoms with Crippen molar-refractivity contribution in [2.24, 2.45) is 0 Å². The molecule has 2 atom stereocenters. The van der Waals surface area contributed by atoms with Crippen molar-refractivity contribution in [3.8, 4) is 0 Å². The molecule has 0 rings (SSSR count). The van der Waals surface area contributed by atoms with E-state index in [1.54, 1.807) is 0 Å². The number of allylic oxidation sites excluding steroid dienone is 14. The van der Waals surface area contributed by atoms with Crippen molar-refractivity contribution < 1.29 is 38.2 Å². The average molecular weight is 909 g/mol. The second-order valence-electron chi connectivity index (χ2n) is 18.5. The molecule has 0 aliphatic rings. The van der Waals surface area contributed by atoms with E-state index in [0.29, 0.717) is 19.3 Å². The van der Waals surface area contributed by atoms with Crippen LogP contribution in [-0.2, 0) is 28.6 Å². The number of unbranched alkanes of at least 4 members (excludes halogenated alkanes) is 21. The van der Waals surface area contributed by atoms with E-state index in [9.17, 15) is 19.5 Å². The van der Waals surface area contributed by atoms with Gasteiger partial charge in [0.1, 0.15) is 6.61 Å². The lowest BCUT2D eigenvalue weighted by atomic mass is 10.0. The molecule has 0 spiro atoms. The van der Waals surface area contributed by atoms with Crippen LogP contribution in [0.3, 0.4) is 0 Å². The van der Waals surface area contributed by atoms with Crippen molar-refractivity contribution in [1.29, 1.82) is 0 Å². The van der Waals surface area contributed by atoms with Gasteiger partial charge in [0.05, 0.1) is 34.4 Å². The molecule has 0 bridgehead atoms. The van der Waals surface area contributed by atoms with Crippen molar-refractivity contribution >= 4 is 17.9 Å². The van der Waals surface area contributed by atoms with Gasteiger partial charge in [0, 0.05) is 19.3 Å². The summed E-state index contributed by atoms with van der Waals surface area (Å²) in [7, 11) is 5.52. The van der Waals surface area contributed by atoms with Gasteiger partial charge in [-0.1, -0.05) is 202 Å². The number of ether oxygens (including phenoxy) is 3. The molecule has 1 N–H and O–H groups in total. The van der Waals surface area contributed by atoms with Crippen LogP contribution >= 0.6 is 0 Å². The number of carboxylic acid groups (broad SMARTS) is 1. The van der Waals surface area contributed by atoms with Gasteiger partial charge in [-0.2, -0.15) is 0 Å². The maximum Gasteiger partial charge on any atom is 0.362 e. The van der Waals surface area contributed by atoms with E-state index in [0.717, 1.165) is 83.5 Å². The van der Waals surface area contributed by atoms with E-state index >= 15 is 0 Å². The predicted octanol–water partition coefficient (Wildman–Crippen LogP) is 15.3. The van der Waals surface area contributed by atoms with Crippen LogP contribution in [-0.4, -0.2) is 80.6 Å². The molecule has 372 valence electrons. The van der Waals surface area contributed by atoms with Gasteiger partial charge >= 0.3 is 17.9 Å². The number of hydrogen-bond acceptors (Lipinski definition) is 6. The molecule has 0 aromatic carbocycles. The van der Waals surface area contributed by atoms with Gasteiger partial charge in [-0.3, -0.25) is 9.59 Å². The first-order valence-corrected chi connectivity index (χ1v) is 26.2. The van der Waals surface area contributed by atoms with E-state index in [1.807, 2.05) is 21.1 Å². The molecule has 0 saturated heterocycles. The number of nitrogens with zero attached hydrogens (tertiary/aromatic N) is 1. The molecular weight excluding hydrogens is 811 g/mol. The van der Waals surface area contributed by atoms with Crippen molar-refractivity contribution in [2.75, 3.05) is 41.0 Å². The summed E-state index contributed by atoms with van der Waals surface area (Å²) < 4.78 is 17.3. The number of aliphatic carboxylic acids is 1. The number of esters is 2. The molecule has 0 heterocycles. The fourth-order valence-corrected chi connectivity index (χ4v) is 7.35. The number of likely N-dealkylation sites (N-methyl/N-ethyl adjacent to an activating group) is 1. The zero-order chi connectivity index (χ0) is 47.7. The fraction of sp³-hybridized carbons (Fsp3) is 0.702. The van der Waals surface area contributed by atoms with Crippen LogP contribution < -0.4 is 0 Å². The maximum atomic E-state index is 12.8. The first-order chi connectivity index (χ1) is 31.6. The first-order valence-electron chi connectivity index (χ1n) is 26.2. The van der Waals surface area contributed by atoms with E-state index < -0.39 is 18.1 Å². The number of carbonyl (C=O) groups excluding carboxylic acids is 2. The van der Waals surface area contributed by atoms with Crippen molar-refractivity contribution in [3.63, 3.8) is 0 Å². The van der Waals surface area contributed by atoms with Gasteiger partial charge < -0.3 is 23.8 Å². The van der Waals surface area contributed by atoms with Crippen LogP contribution in [0.25, 0.3) is 0 Å². The Kier molecular flexibility index (Phi) is 44.5. The minimum atomic E-state index is -0.880. The summed E-state index contributed by atoms with van der Waals surface area (Å²) in [6.45, 7) is 4.57. The summed E-state index contributed by atoms with van der Waals surface area (Å²) in [5, 5.41) is 9.66. The molecule has 8 heteroatoms. The summed E-state index contributed by atoms with van der Waals surface area (Å²) in [6, 6.07) is -0.623. The third kappa shape index (κ3) is 45.5. The highest BCUT2D eigenvalue weighted by atomic mass is 16.6. The maximum absolute atomic E-state index is 12.8. The molecule has 0 saturated carbocycles. The van der Waals surface area contributed by atoms with Gasteiger partial charge in [0.15, 0.2) is 12.1 Å². The first kappa shape index (κ1) is 61.5. The smallest absolute Gasteiger partial charge is 0.362 e. The third-order valence-electron chi connectivity index (χ3n) is 11.4. The van der Waals surface area contributed by atoms with E-state index in [-0.39, 0.29) is 36.2 Å². The standard InChI is InChI=1S/C57H97NO7/c1-6-8-10-12-14-16-18-20-22-24-26-27-28-29-30-32-34-36-38-40-42-44-46-48-56(60)65-53(51-63-50-49-54(57(61)62)58(3,4)5)52-64-55(59)47-45-43-41-39-37-35-33-31-25-23-21-19-17-15-13-11-9-7-2/h8,10,14-17,19-23,25,31,33,53-54H,6-7,9,11-13,18,24,26-30,32,34-52H2,1-5H3/p+1/b10-8+,16-14+,17-15+,21-19+,22-20+,25-23+,33-31+. The number of hydrogen-bond donors (Lipinski definition) is 1. The van der Waals surface area contributed by atoms with E-state index in [2.05, 4.69) is 98.9 Å². The molecule has 0 aliphatic carbocycles. The molecule has 0 amide bonds. The van der Waals surface area contributed by atoms with Gasteiger partial charge in [-0.05, 0) is 70.6 Å². The average Bonchev–Trinajstić information content (AvgIpc) is 3.27. The van der Waals surface area contributed by atoms with Crippen LogP contribution in [0.15, 0.2) is 85.1 Å². The monoisotopic (exact) mass is 909 g/mol. The Morgan fingerprint density at radius 3 is 1.42 bits per heavy atom. The molecule has 0 radical (unpaired) electrons. The minimum Gasteiger partial charge on any atom is -0.477 e. The minimum absolute atomic E-state index is 0.0493. The normalized spacial score (nSPS) is 13.6. The van der Waals surface area contributed by atoms with Crippen LogP contribution in [0.2, 0.25) is 0 Å². The van der Waals surface area contributed by atoms with Crippen LogP contribution in [0, 0.1) is 0 Å².